The first-order valence-electron chi connectivity index (χ1n) is 8.19. The van der Waals surface area contributed by atoms with Crippen LogP contribution in [0.15, 0.2) is 54.6 Å². The third kappa shape index (κ3) is 6.85. The van der Waals surface area contributed by atoms with E-state index in [0.29, 0.717) is 6.61 Å². The Morgan fingerprint density at radius 1 is 0.957 bits per heavy atom. The van der Waals surface area contributed by atoms with Crippen molar-refractivity contribution in [3.8, 4) is 5.75 Å². The number of hydrogen-bond acceptors (Lipinski definition) is 3. The highest BCUT2D eigenvalue weighted by molar-refractivity contribution is 5.28. The molecule has 0 aromatic heterocycles. The molecule has 0 aliphatic heterocycles. The highest BCUT2D eigenvalue weighted by Gasteiger charge is 2.11. The van der Waals surface area contributed by atoms with Crippen molar-refractivity contribution in [3.63, 3.8) is 0 Å². The number of rotatable bonds is 7. The fourth-order valence-corrected chi connectivity index (χ4v) is 2.27. The van der Waals surface area contributed by atoms with Gasteiger partial charge in [-0.3, -0.25) is 0 Å². The van der Waals surface area contributed by atoms with Crippen molar-refractivity contribution in [2.24, 2.45) is 5.73 Å². The summed E-state index contributed by atoms with van der Waals surface area (Å²) < 4.78 is 5.80. The predicted octanol–water partition coefficient (Wildman–Crippen LogP) is 3.52. The van der Waals surface area contributed by atoms with E-state index in [1.54, 1.807) is 0 Å². The molecule has 3 N–H and O–H groups in total. The van der Waals surface area contributed by atoms with Gasteiger partial charge in [-0.2, -0.15) is 0 Å². The molecular formula is C20H28N2O. The Labute approximate surface area is 139 Å². The molecule has 0 unspecified atom stereocenters. The lowest BCUT2D eigenvalue weighted by Crippen LogP contribution is -2.44. The van der Waals surface area contributed by atoms with Crippen LogP contribution in [0.1, 0.15) is 31.9 Å². The minimum Gasteiger partial charge on any atom is -0.489 e. The summed E-state index contributed by atoms with van der Waals surface area (Å²) in [4.78, 5) is 0. The van der Waals surface area contributed by atoms with Gasteiger partial charge in [0.05, 0.1) is 0 Å². The third-order valence-electron chi connectivity index (χ3n) is 3.56. The van der Waals surface area contributed by atoms with Crippen LogP contribution < -0.4 is 15.8 Å². The molecule has 0 amide bonds. The van der Waals surface area contributed by atoms with Gasteiger partial charge in [-0.1, -0.05) is 42.5 Å². The lowest BCUT2D eigenvalue weighted by Gasteiger charge is -2.23. The molecule has 0 saturated carbocycles. The molecule has 2 rings (SSSR count). The normalized spacial score (nSPS) is 12.9. The Bertz CT molecular complexity index is 573. The second-order valence-corrected chi connectivity index (χ2v) is 7.01. The van der Waals surface area contributed by atoms with Gasteiger partial charge in [-0.05, 0) is 50.5 Å². The number of nitrogens with one attached hydrogen (secondary N) is 1. The first-order valence-corrected chi connectivity index (χ1v) is 8.19. The topological polar surface area (TPSA) is 47.3 Å². The number of nitrogens with two attached hydrogens (primary N) is 1. The minimum atomic E-state index is 0.104. The summed E-state index contributed by atoms with van der Waals surface area (Å²) in [5, 5.41) is 3.44. The predicted molar refractivity (Wildman–Crippen MR) is 96.7 cm³/mol. The smallest absolute Gasteiger partial charge is 0.119 e. The van der Waals surface area contributed by atoms with E-state index in [2.05, 4.69) is 50.4 Å². The molecule has 0 heterocycles. The van der Waals surface area contributed by atoms with Gasteiger partial charge < -0.3 is 15.8 Å². The van der Waals surface area contributed by atoms with E-state index in [1.807, 2.05) is 30.3 Å². The lowest BCUT2D eigenvalue weighted by molar-refractivity contribution is 0.306. The van der Waals surface area contributed by atoms with Crippen LogP contribution >= 0.6 is 0 Å². The molecule has 0 radical (unpaired) electrons. The number of benzene rings is 2. The fourth-order valence-electron chi connectivity index (χ4n) is 2.27. The van der Waals surface area contributed by atoms with Crippen molar-refractivity contribution >= 4 is 0 Å². The Balaban J connectivity index is 1.80. The lowest BCUT2D eigenvalue weighted by atomic mass is 10.0. The standard InChI is InChI=1S/C20H28N2O/c1-20(2,3)22-14-18(21)13-16-9-11-19(12-10-16)23-15-17-7-5-4-6-8-17/h4-12,18,22H,13-15,21H2,1-3H3/t18-/m0/s1. The minimum absolute atomic E-state index is 0.104. The summed E-state index contributed by atoms with van der Waals surface area (Å²) in [7, 11) is 0. The zero-order valence-corrected chi connectivity index (χ0v) is 14.4. The van der Waals surface area contributed by atoms with Crippen LogP contribution in [-0.2, 0) is 13.0 Å². The molecular weight excluding hydrogens is 284 g/mol. The van der Waals surface area contributed by atoms with E-state index < -0.39 is 0 Å². The maximum atomic E-state index is 6.19. The summed E-state index contributed by atoms with van der Waals surface area (Å²) in [6.45, 7) is 7.86. The summed E-state index contributed by atoms with van der Waals surface area (Å²) >= 11 is 0. The van der Waals surface area contributed by atoms with Crippen molar-refractivity contribution in [1.82, 2.24) is 5.32 Å². The van der Waals surface area contributed by atoms with Crippen LogP contribution in [0.25, 0.3) is 0 Å². The summed E-state index contributed by atoms with van der Waals surface area (Å²) in [5.41, 5.74) is 8.71. The molecule has 2 aromatic rings. The second-order valence-electron chi connectivity index (χ2n) is 7.01. The largest absolute Gasteiger partial charge is 0.489 e. The Morgan fingerprint density at radius 2 is 1.61 bits per heavy atom. The molecule has 1 atom stereocenters. The molecule has 2 aromatic carbocycles. The van der Waals surface area contributed by atoms with E-state index >= 15 is 0 Å². The van der Waals surface area contributed by atoms with Crippen molar-refractivity contribution in [2.45, 2.75) is 45.4 Å². The SMILES string of the molecule is CC(C)(C)NC[C@@H](N)Cc1ccc(OCc2ccccc2)cc1. The van der Waals surface area contributed by atoms with Crippen molar-refractivity contribution < 1.29 is 4.74 Å². The van der Waals surface area contributed by atoms with Crippen LogP contribution in [0.4, 0.5) is 0 Å². The van der Waals surface area contributed by atoms with Crippen LogP contribution in [0.3, 0.4) is 0 Å². The molecule has 0 bridgehead atoms. The quantitative estimate of drug-likeness (QED) is 0.822. The Hall–Kier alpha value is -1.84. The van der Waals surface area contributed by atoms with E-state index in [9.17, 15) is 0 Å². The van der Waals surface area contributed by atoms with Crippen molar-refractivity contribution in [3.05, 3.63) is 65.7 Å². The van der Waals surface area contributed by atoms with Crippen LogP contribution in [-0.4, -0.2) is 18.1 Å². The van der Waals surface area contributed by atoms with Gasteiger partial charge in [0.1, 0.15) is 12.4 Å². The van der Waals surface area contributed by atoms with Gasteiger partial charge in [0, 0.05) is 18.1 Å². The average Bonchev–Trinajstić information content (AvgIpc) is 2.53. The molecule has 124 valence electrons. The van der Waals surface area contributed by atoms with Gasteiger partial charge in [0.2, 0.25) is 0 Å². The van der Waals surface area contributed by atoms with E-state index in [-0.39, 0.29) is 11.6 Å². The molecule has 0 fully saturated rings. The van der Waals surface area contributed by atoms with E-state index in [4.69, 9.17) is 10.5 Å². The van der Waals surface area contributed by atoms with Crippen molar-refractivity contribution in [1.29, 1.82) is 0 Å². The molecule has 0 aliphatic carbocycles. The van der Waals surface area contributed by atoms with Gasteiger partial charge in [-0.15, -0.1) is 0 Å². The maximum absolute atomic E-state index is 6.19. The van der Waals surface area contributed by atoms with Gasteiger partial charge >= 0.3 is 0 Å². The van der Waals surface area contributed by atoms with Crippen LogP contribution in [0.2, 0.25) is 0 Å². The highest BCUT2D eigenvalue weighted by atomic mass is 16.5. The van der Waals surface area contributed by atoms with Crippen LogP contribution in [0.5, 0.6) is 5.75 Å². The fraction of sp³-hybridized carbons (Fsp3) is 0.400. The molecule has 0 spiro atoms. The Kier molecular flexibility index (Phi) is 6.20. The highest BCUT2D eigenvalue weighted by Crippen LogP contribution is 2.15. The van der Waals surface area contributed by atoms with E-state index in [1.165, 1.54) is 11.1 Å². The average molecular weight is 312 g/mol. The Morgan fingerprint density at radius 3 is 2.22 bits per heavy atom. The number of hydrogen-bond donors (Lipinski definition) is 2. The molecule has 3 heteroatoms. The summed E-state index contributed by atoms with van der Waals surface area (Å²) in [6.07, 6.45) is 0.863. The van der Waals surface area contributed by atoms with Crippen molar-refractivity contribution in [2.75, 3.05) is 6.54 Å². The van der Waals surface area contributed by atoms with E-state index in [0.717, 1.165) is 18.7 Å². The molecule has 0 aliphatic rings. The number of ether oxygens (including phenoxy) is 1. The molecule has 23 heavy (non-hydrogen) atoms. The zero-order valence-electron chi connectivity index (χ0n) is 14.4. The maximum Gasteiger partial charge on any atom is 0.119 e. The van der Waals surface area contributed by atoms with Gasteiger partial charge in [0.25, 0.3) is 0 Å². The molecule has 3 nitrogen and oxygen atoms in total. The monoisotopic (exact) mass is 312 g/mol. The summed E-state index contributed by atoms with van der Waals surface area (Å²) in [5.74, 6) is 0.888. The second kappa shape index (κ2) is 8.14. The third-order valence-corrected chi connectivity index (χ3v) is 3.56. The first-order chi connectivity index (χ1) is 10.9. The van der Waals surface area contributed by atoms with Gasteiger partial charge in [-0.25, -0.2) is 0 Å². The van der Waals surface area contributed by atoms with Gasteiger partial charge in [0.15, 0.2) is 0 Å². The molecule has 0 saturated heterocycles. The first kappa shape index (κ1) is 17.5. The zero-order chi connectivity index (χ0) is 16.7. The summed E-state index contributed by atoms with van der Waals surface area (Å²) in [6, 6.07) is 18.5. The van der Waals surface area contributed by atoms with Crippen LogP contribution in [0, 0.1) is 0 Å².